The number of hydrogen-bond donors (Lipinski definition) is 1. The molecule has 0 aliphatic heterocycles. The largest absolute Gasteiger partial charge is 0.466 e. The number of ether oxygens (including phenoxy) is 1. The number of allylic oxidation sites excluding steroid dienone is 1. The zero-order valence-electron chi connectivity index (χ0n) is 22.4. The molecular weight excluding hydrogens is 440 g/mol. The Morgan fingerprint density at radius 2 is 1.94 bits per heavy atom. The smallest absolute Gasteiger partial charge is 0.308 e. The first kappa shape index (κ1) is 28.8. The number of carbonyl (C=O) groups is 1. The first-order chi connectivity index (χ1) is 15.9. The summed E-state index contributed by atoms with van der Waals surface area (Å²) in [6.07, 6.45) is 12.3. The van der Waals surface area contributed by atoms with E-state index in [1.165, 1.54) is 5.56 Å². The molecule has 5 heteroatoms. The number of aliphatic hydroxyl groups is 1. The van der Waals surface area contributed by atoms with Crippen molar-refractivity contribution in [1.82, 2.24) is 0 Å². The van der Waals surface area contributed by atoms with Crippen LogP contribution in [0, 0.1) is 5.92 Å². The molecule has 192 valence electrons. The zero-order valence-corrected chi connectivity index (χ0v) is 23.4. The second-order valence-electron chi connectivity index (χ2n) is 11.6. The van der Waals surface area contributed by atoms with Gasteiger partial charge in [0.15, 0.2) is 8.32 Å². The molecule has 1 saturated carbocycles. The maximum absolute atomic E-state index is 12.0. The van der Waals surface area contributed by atoms with Crippen LogP contribution in [0.15, 0.2) is 42.5 Å². The van der Waals surface area contributed by atoms with Crippen molar-refractivity contribution in [2.75, 3.05) is 6.61 Å². The zero-order chi connectivity index (χ0) is 25.2. The molecule has 1 aromatic rings. The Morgan fingerprint density at radius 3 is 2.59 bits per heavy atom. The van der Waals surface area contributed by atoms with Gasteiger partial charge < -0.3 is 14.3 Å². The molecule has 1 aliphatic rings. The summed E-state index contributed by atoms with van der Waals surface area (Å²) in [4.78, 5) is 12.0. The first-order valence-corrected chi connectivity index (χ1v) is 16.1. The minimum atomic E-state index is -1.90. The van der Waals surface area contributed by atoms with Gasteiger partial charge in [0.1, 0.15) is 0 Å². The fourth-order valence-corrected chi connectivity index (χ4v) is 5.85. The van der Waals surface area contributed by atoms with Gasteiger partial charge in [0, 0.05) is 0 Å². The third kappa shape index (κ3) is 9.67. The Bertz CT molecular complexity index is 768. The third-order valence-electron chi connectivity index (χ3n) is 7.53. The average Bonchev–Trinajstić information content (AvgIpc) is 2.74. The molecule has 3 atom stereocenters. The molecule has 1 unspecified atom stereocenters. The van der Waals surface area contributed by atoms with Crippen molar-refractivity contribution >= 4 is 14.3 Å². The Kier molecular flexibility index (Phi) is 11.0. The van der Waals surface area contributed by atoms with Gasteiger partial charge in [0.05, 0.1) is 24.7 Å². The number of aryl methyl sites for hydroxylation is 1. The molecule has 1 fully saturated rings. The lowest BCUT2D eigenvalue weighted by atomic mass is 9.76. The Labute approximate surface area is 209 Å². The highest BCUT2D eigenvalue weighted by Gasteiger charge is 2.39. The predicted octanol–water partition coefficient (Wildman–Crippen LogP) is 7.22. The molecule has 1 aliphatic carbocycles. The van der Waals surface area contributed by atoms with E-state index in [0.29, 0.717) is 19.4 Å². The lowest BCUT2D eigenvalue weighted by molar-refractivity contribution is -0.150. The summed E-state index contributed by atoms with van der Waals surface area (Å²) in [6.45, 7) is 13.6. The molecule has 0 radical (unpaired) electrons. The van der Waals surface area contributed by atoms with E-state index in [9.17, 15) is 9.90 Å². The van der Waals surface area contributed by atoms with E-state index in [-0.39, 0.29) is 29.5 Å². The molecule has 2 rings (SSSR count). The van der Waals surface area contributed by atoms with Crippen LogP contribution in [-0.4, -0.2) is 37.7 Å². The molecular formula is C29H48O4Si. The lowest BCUT2D eigenvalue weighted by Gasteiger charge is -2.39. The van der Waals surface area contributed by atoms with Crippen molar-refractivity contribution in [3.05, 3.63) is 48.0 Å². The molecule has 0 heterocycles. The van der Waals surface area contributed by atoms with Gasteiger partial charge in [-0.1, -0.05) is 69.7 Å². The number of rotatable bonds is 12. The standard InChI is InChI=1S/C29H48O4Si/c1-7-32-27(30)23-29(31)21-13-17-25(22-29)19-20-26(33-34(5,6)28(2,3)4)18-12-11-16-24-14-9-8-10-15-24/h8-10,14-15,19-20,25-26,31H,7,11-13,16-18,21-23H2,1-6H3/t25-,26?,29-/m1/s1. The van der Waals surface area contributed by atoms with Crippen LogP contribution in [0.2, 0.25) is 18.1 Å². The van der Waals surface area contributed by atoms with Crippen molar-refractivity contribution < 1.29 is 19.1 Å². The van der Waals surface area contributed by atoms with Crippen LogP contribution in [-0.2, 0) is 20.4 Å². The first-order valence-electron chi connectivity index (χ1n) is 13.2. The summed E-state index contributed by atoms with van der Waals surface area (Å²) < 4.78 is 11.9. The normalized spacial score (nSPS) is 22.6. The Balaban J connectivity index is 2.00. The summed E-state index contributed by atoms with van der Waals surface area (Å²) in [6, 6.07) is 10.7. The number of carbonyl (C=O) groups excluding carboxylic acids is 1. The van der Waals surface area contributed by atoms with Gasteiger partial charge in [-0.25, -0.2) is 0 Å². The number of unbranched alkanes of at least 4 members (excludes halogenated alkanes) is 1. The van der Waals surface area contributed by atoms with E-state index in [0.717, 1.165) is 38.5 Å². The second-order valence-corrected chi connectivity index (χ2v) is 16.4. The van der Waals surface area contributed by atoms with Crippen molar-refractivity contribution in [2.24, 2.45) is 5.92 Å². The van der Waals surface area contributed by atoms with Gasteiger partial charge in [0.25, 0.3) is 0 Å². The van der Waals surface area contributed by atoms with E-state index in [2.05, 4.69) is 76.3 Å². The SMILES string of the molecule is CCOC(=O)C[C@@]1(O)CCC[C@H](C=CC(CCCCc2ccccc2)O[Si](C)(C)C(C)(C)C)C1. The molecule has 0 amide bonds. The topological polar surface area (TPSA) is 55.8 Å². The highest BCUT2D eigenvalue weighted by atomic mass is 28.4. The molecule has 0 aromatic heterocycles. The van der Waals surface area contributed by atoms with Crippen molar-refractivity contribution in [3.8, 4) is 0 Å². The third-order valence-corrected chi connectivity index (χ3v) is 12.0. The molecule has 0 spiro atoms. The highest BCUT2D eigenvalue weighted by molar-refractivity contribution is 6.74. The summed E-state index contributed by atoms with van der Waals surface area (Å²) >= 11 is 0. The molecule has 0 saturated heterocycles. The lowest BCUT2D eigenvalue weighted by Crippen LogP contribution is -2.43. The van der Waals surface area contributed by atoms with Crippen LogP contribution in [0.25, 0.3) is 0 Å². The quantitative estimate of drug-likeness (QED) is 0.146. The maximum atomic E-state index is 12.0. The van der Waals surface area contributed by atoms with Crippen LogP contribution in [0.3, 0.4) is 0 Å². The van der Waals surface area contributed by atoms with E-state index in [1.807, 2.05) is 0 Å². The van der Waals surface area contributed by atoms with Crippen LogP contribution in [0.5, 0.6) is 0 Å². The molecule has 4 nitrogen and oxygen atoms in total. The monoisotopic (exact) mass is 488 g/mol. The fraction of sp³-hybridized carbons (Fsp3) is 0.690. The van der Waals surface area contributed by atoms with Gasteiger partial charge >= 0.3 is 5.97 Å². The summed E-state index contributed by atoms with van der Waals surface area (Å²) in [5.41, 5.74) is 0.438. The van der Waals surface area contributed by atoms with E-state index < -0.39 is 13.9 Å². The summed E-state index contributed by atoms with van der Waals surface area (Å²) in [5, 5.41) is 11.2. The fourth-order valence-electron chi connectivity index (χ4n) is 4.54. The molecule has 0 bridgehead atoms. The minimum Gasteiger partial charge on any atom is -0.466 e. The maximum Gasteiger partial charge on any atom is 0.308 e. The van der Waals surface area contributed by atoms with Crippen molar-refractivity contribution in [1.29, 1.82) is 0 Å². The van der Waals surface area contributed by atoms with Crippen LogP contribution in [0.1, 0.15) is 84.6 Å². The summed E-state index contributed by atoms with van der Waals surface area (Å²) in [7, 11) is -1.90. The van der Waals surface area contributed by atoms with Gasteiger partial charge in [-0.15, -0.1) is 0 Å². The average molecular weight is 489 g/mol. The predicted molar refractivity (Wildman–Crippen MR) is 143 cm³/mol. The van der Waals surface area contributed by atoms with E-state index >= 15 is 0 Å². The van der Waals surface area contributed by atoms with Crippen molar-refractivity contribution in [3.63, 3.8) is 0 Å². The van der Waals surface area contributed by atoms with Crippen molar-refractivity contribution in [2.45, 2.75) is 115 Å². The number of benzene rings is 1. The Hall–Kier alpha value is -1.43. The summed E-state index contributed by atoms with van der Waals surface area (Å²) in [5.74, 6) is -0.0322. The van der Waals surface area contributed by atoms with E-state index in [1.54, 1.807) is 6.92 Å². The second kappa shape index (κ2) is 13.0. The molecule has 1 aromatic carbocycles. The molecule has 1 N–H and O–H groups in total. The minimum absolute atomic E-state index is 0.0918. The van der Waals surface area contributed by atoms with Gasteiger partial charge in [-0.3, -0.25) is 4.79 Å². The molecule has 34 heavy (non-hydrogen) atoms. The Morgan fingerprint density at radius 1 is 1.24 bits per heavy atom. The number of hydrogen-bond acceptors (Lipinski definition) is 4. The van der Waals surface area contributed by atoms with E-state index in [4.69, 9.17) is 9.16 Å². The van der Waals surface area contributed by atoms with Crippen LogP contribution >= 0.6 is 0 Å². The van der Waals surface area contributed by atoms with Crippen LogP contribution in [0.4, 0.5) is 0 Å². The van der Waals surface area contributed by atoms with Gasteiger partial charge in [0.2, 0.25) is 0 Å². The van der Waals surface area contributed by atoms with Gasteiger partial charge in [-0.05, 0) is 81.5 Å². The van der Waals surface area contributed by atoms with Gasteiger partial charge in [-0.2, -0.15) is 0 Å². The highest BCUT2D eigenvalue weighted by Crippen LogP contribution is 2.39. The number of esters is 1. The van der Waals surface area contributed by atoms with Crippen LogP contribution < -0.4 is 0 Å².